The Balaban J connectivity index is 2.46. The summed E-state index contributed by atoms with van der Waals surface area (Å²) in [6.45, 7) is 3.32. The predicted octanol–water partition coefficient (Wildman–Crippen LogP) is 1.83. The molecule has 0 heterocycles. The highest BCUT2D eigenvalue weighted by Crippen LogP contribution is 2.22. The number of aliphatic hydroxyl groups is 1. The molecule has 0 radical (unpaired) electrons. The fraction of sp³-hybridized carbons (Fsp3) is 0.500. The highest BCUT2D eigenvalue weighted by Gasteiger charge is 2.15. The molecule has 1 atom stereocenters. The molecule has 19 heavy (non-hydrogen) atoms. The monoisotopic (exact) mass is 284 g/mol. The summed E-state index contributed by atoms with van der Waals surface area (Å²) < 4.78 is 0. The van der Waals surface area contributed by atoms with Gasteiger partial charge in [-0.1, -0.05) is 36.7 Å². The van der Waals surface area contributed by atoms with Crippen molar-refractivity contribution in [2.45, 2.75) is 19.4 Å². The second kappa shape index (κ2) is 8.15. The Bertz CT molecular complexity index is 412. The second-order valence-electron chi connectivity index (χ2n) is 4.58. The van der Waals surface area contributed by atoms with Gasteiger partial charge in [0.25, 0.3) is 0 Å². The molecule has 1 aromatic carbocycles. The van der Waals surface area contributed by atoms with E-state index in [-0.39, 0.29) is 12.5 Å². The van der Waals surface area contributed by atoms with E-state index in [4.69, 9.17) is 11.6 Å². The number of nitrogens with zero attached hydrogens (tertiary/aromatic N) is 1. The van der Waals surface area contributed by atoms with Crippen LogP contribution in [0.15, 0.2) is 24.3 Å². The third-order valence-electron chi connectivity index (χ3n) is 2.73. The summed E-state index contributed by atoms with van der Waals surface area (Å²) in [5.41, 5.74) is 0.685. The van der Waals surface area contributed by atoms with Crippen LogP contribution >= 0.6 is 11.6 Å². The number of amides is 1. The average Bonchev–Trinajstić information content (AvgIpc) is 2.36. The molecule has 0 unspecified atom stereocenters. The molecule has 4 nitrogen and oxygen atoms in total. The standard InChI is InChI=1S/C14H21ClN2O2/c1-3-8-16-14(19)10-17(2)9-13(18)11-6-4-5-7-12(11)15/h4-7,13,18H,3,8-10H2,1-2H3,(H,16,19)/t13-/m1/s1. The molecular weight excluding hydrogens is 264 g/mol. The predicted molar refractivity (Wildman–Crippen MR) is 77.2 cm³/mol. The van der Waals surface area contributed by atoms with E-state index in [9.17, 15) is 9.90 Å². The van der Waals surface area contributed by atoms with Gasteiger partial charge in [0.05, 0.1) is 12.6 Å². The fourth-order valence-corrected chi connectivity index (χ4v) is 2.03. The van der Waals surface area contributed by atoms with E-state index in [2.05, 4.69) is 5.32 Å². The summed E-state index contributed by atoms with van der Waals surface area (Å²) >= 11 is 6.02. The van der Waals surface area contributed by atoms with Crippen LogP contribution in [0.2, 0.25) is 5.02 Å². The Labute approximate surface area is 119 Å². The van der Waals surface area contributed by atoms with Crippen molar-refractivity contribution in [2.75, 3.05) is 26.7 Å². The Morgan fingerprint density at radius 2 is 2.16 bits per heavy atom. The van der Waals surface area contributed by atoms with E-state index in [1.807, 2.05) is 19.1 Å². The number of hydrogen-bond donors (Lipinski definition) is 2. The van der Waals surface area contributed by atoms with E-state index in [1.165, 1.54) is 0 Å². The van der Waals surface area contributed by atoms with Gasteiger partial charge in [-0.2, -0.15) is 0 Å². The van der Waals surface area contributed by atoms with Gasteiger partial charge in [-0.3, -0.25) is 9.69 Å². The van der Waals surface area contributed by atoms with Gasteiger partial charge in [0, 0.05) is 23.7 Å². The lowest BCUT2D eigenvalue weighted by molar-refractivity contribution is -0.122. The Kier molecular flexibility index (Phi) is 6.84. The van der Waals surface area contributed by atoms with Gasteiger partial charge in [-0.15, -0.1) is 0 Å². The van der Waals surface area contributed by atoms with Gasteiger partial charge in [-0.25, -0.2) is 0 Å². The summed E-state index contributed by atoms with van der Waals surface area (Å²) in [4.78, 5) is 13.3. The molecule has 106 valence electrons. The van der Waals surface area contributed by atoms with Gasteiger partial charge in [0.1, 0.15) is 0 Å². The normalized spacial score (nSPS) is 12.5. The molecule has 1 aromatic rings. The zero-order chi connectivity index (χ0) is 14.3. The van der Waals surface area contributed by atoms with Crippen LogP contribution in [0.1, 0.15) is 25.0 Å². The SMILES string of the molecule is CCCNC(=O)CN(C)C[C@@H](O)c1ccccc1Cl. The van der Waals surface area contributed by atoms with Gasteiger partial charge < -0.3 is 10.4 Å². The lowest BCUT2D eigenvalue weighted by Crippen LogP contribution is -2.37. The fourth-order valence-electron chi connectivity index (χ4n) is 1.77. The molecule has 0 saturated carbocycles. The number of halogens is 1. The maximum absolute atomic E-state index is 11.5. The number of hydrogen-bond acceptors (Lipinski definition) is 3. The molecule has 0 aliphatic heterocycles. The summed E-state index contributed by atoms with van der Waals surface area (Å²) in [7, 11) is 1.80. The quantitative estimate of drug-likeness (QED) is 0.803. The van der Waals surface area contributed by atoms with E-state index in [0.29, 0.717) is 23.7 Å². The molecule has 0 fully saturated rings. The van der Waals surface area contributed by atoms with Gasteiger partial charge >= 0.3 is 0 Å². The summed E-state index contributed by atoms with van der Waals surface area (Å²) in [5.74, 6) is -0.0318. The molecule has 1 rings (SSSR count). The highest BCUT2D eigenvalue weighted by molar-refractivity contribution is 6.31. The first kappa shape index (κ1) is 16.0. The van der Waals surface area contributed by atoms with Crippen LogP contribution in [0.5, 0.6) is 0 Å². The first-order valence-electron chi connectivity index (χ1n) is 6.42. The third kappa shape index (κ3) is 5.59. The molecule has 0 saturated heterocycles. The van der Waals surface area contributed by atoms with Crippen LogP contribution in [-0.4, -0.2) is 42.6 Å². The summed E-state index contributed by atoms with van der Waals surface area (Å²) in [6, 6.07) is 7.19. The zero-order valence-electron chi connectivity index (χ0n) is 11.4. The minimum Gasteiger partial charge on any atom is -0.387 e. The molecular formula is C14H21ClN2O2. The van der Waals surface area contributed by atoms with E-state index in [1.54, 1.807) is 24.1 Å². The number of likely N-dealkylation sites (N-methyl/N-ethyl adjacent to an activating group) is 1. The first-order chi connectivity index (χ1) is 9.04. The number of carbonyl (C=O) groups excluding carboxylic acids is 1. The molecule has 2 N–H and O–H groups in total. The maximum atomic E-state index is 11.5. The number of carbonyl (C=O) groups is 1. The Morgan fingerprint density at radius 3 is 2.79 bits per heavy atom. The largest absolute Gasteiger partial charge is 0.387 e. The highest BCUT2D eigenvalue weighted by atomic mass is 35.5. The second-order valence-corrected chi connectivity index (χ2v) is 4.99. The number of benzene rings is 1. The molecule has 1 amide bonds. The van der Waals surface area contributed by atoms with Crippen molar-refractivity contribution in [2.24, 2.45) is 0 Å². The summed E-state index contributed by atoms with van der Waals surface area (Å²) in [6.07, 6.45) is 0.218. The molecule has 0 bridgehead atoms. The zero-order valence-corrected chi connectivity index (χ0v) is 12.2. The van der Waals surface area contributed by atoms with Crippen molar-refractivity contribution in [3.05, 3.63) is 34.9 Å². The average molecular weight is 285 g/mol. The third-order valence-corrected chi connectivity index (χ3v) is 3.08. The number of aliphatic hydroxyl groups excluding tert-OH is 1. The van der Waals surface area contributed by atoms with Crippen molar-refractivity contribution in [3.63, 3.8) is 0 Å². The van der Waals surface area contributed by atoms with Crippen LogP contribution in [0.3, 0.4) is 0 Å². The number of nitrogens with one attached hydrogen (secondary N) is 1. The Hall–Kier alpha value is -1.10. The lowest BCUT2D eigenvalue weighted by Gasteiger charge is -2.20. The molecule has 0 aromatic heterocycles. The van der Waals surface area contributed by atoms with Crippen LogP contribution in [0, 0.1) is 0 Å². The van der Waals surface area contributed by atoms with Gasteiger partial charge in [0.2, 0.25) is 5.91 Å². The molecule has 5 heteroatoms. The van der Waals surface area contributed by atoms with Crippen molar-refractivity contribution in [1.82, 2.24) is 10.2 Å². The van der Waals surface area contributed by atoms with Crippen LogP contribution < -0.4 is 5.32 Å². The van der Waals surface area contributed by atoms with Crippen molar-refractivity contribution in [1.29, 1.82) is 0 Å². The van der Waals surface area contributed by atoms with E-state index in [0.717, 1.165) is 6.42 Å². The van der Waals surface area contributed by atoms with Crippen molar-refractivity contribution < 1.29 is 9.90 Å². The molecule has 0 aliphatic carbocycles. The van der Waals surface area contributed by atoms with Gasteiger partial charge in [-0.05, 0) is 19.5 Å². The first-order valence-corrected chi connectivity index (χ1v) is 6.80. The minimum absolute atomic E-state index is 0.0318. The van der Waals surface area contributed by atoms with Crippen LogP contribution in [-0.2, 0) is 4.79 Å². The van der Waals surface area contributed by atoms with E-state index >= 15 is 0 Å². The van der Waals surface area contributed by atoms with Crippen LogP contribution in [0.4, 0.5) is 0 Å². The number of rotatable bonds is 7. The maximum Gasteiger partial charge on any atom is 0.234 e. The van der Waals surface area contributed by atoms with Crippen LogP contribution in [0.25, 0.3) is 0 Å². The lowest BCUT2D eigenvalue weighted by atomic mass is 10.1. The minimum atomic E-state index is -0.697. The summed E-state index contributed by atoms with van der Waals surface area (Å²) in [5, 5.41) is 13.4. The van der Waals surface area contributed by atoms with E-state index < -0.39 is 6.10 Å². The topological polar surface area (TPSA) is 52.6 Å². The Morgan fingerprint density at radius 1 is 1.47 bits per heavy atom. The molecule has 0 aliphatic rings. The smallest absolute Gasteiger partial charge is 0.234 e. The van der Waals surface area contributed by atoms with Crippen molar-refractivity contribution in [3.8, 4) is 0 Å². The molecule has 0 spiro atoms. The van der Waals surface area contributed by atoms with Crippen molar-refractivity contribution >= 4 is 17.5 Å². The van der Waals surface area contributed by atoms with Gasteiger partial charge in [0.15, 0.2) is 0 Å².